The van der Waals surface area contributed by atoms with Gasteiger partial charge < -0.3 is 0 Å². The van der Waals surface area contributed by atoms with Gasteiger partial charge in [0.15, 0.2) is 4.21 Å². The van der Waals surface area contributed by atoms with Crippen molar-refractivity contribution in [3.8, 4) is 5.69 Å². The number of rotatable bonds is 6. The summed E-state index contributed by atoms with van der Waals surface area (Å²) in [5.74, 6) is -0.287. The Hall–Kier alpha value is -2.66. The second-order valence-electron chi connectivity index (χ2n) is 8.91. The molecule has 1 fully saturated rings. The van der Waals surface area contributed by atoms with E-state index in [9.17, 15) is 12.8 Å². The minimum Gasteiger partial charge on any atom is -0.294 e. The first-order valence-electron chi connectivity index (χ1n) is 11.7. The van der Waals surface area contributed by atoms with Crippen LogP contribution < -0.4 is 0 Å². The molecular formula is C25H28FN5O2S2. The van der Waals surface area contributed by atoms with Crippen LogP contribution >= 0.6 is 11.3 Å². The fraction of sp³-hybridized carbons (Fsp3) is 0.360. The maximum Gasteiger partial charge on any atom is 0.254 e. The maximum atomic E-state index is 13.4. The van der Waals surface area contributed by atoms with E-state index in [4.69, 9.17) is 0 Å². The third-order valence-corrected chi connectivity index (χ3v) is 9.76. The molecule has 35 heavy (non-hydrogen) atoms. The highest BCUT2D eigenvalue weighted by molar-refractivity contribution is 7.91. The zero-order valence-electron chi connectivity index (χ0n) is 20.0. The summed E-state index contributed by atoms with van der Waals surface area (Å²) in [6, 6.07) is 10.4. The number of sulfonamides is 1. The van der Waals surface area contributed by atoms with Crippen molar-refractivity contribution in [1.82, 2.24) is 24.0 Å². The molecule has 1 aliphatic heterocycles. The van der Waals surface area contributed by atoms with Gasteiger partial charge in [0.1, 0.15) is 5.82 Å². The van der Waals surface area contributed by atoms with E-state index >= 15 is 0 Å². The van der Waals surface area contributed by atoms with Gasteiger partial charge in [-0.05, 0) is 74.3 Å². The molecule has 10 heteroatoms. The van der Waals surface area contributed by atoms with Crippen molar-refractivity contribution in [2.24, 2.45) is 0 Å². The van der Waals surface area contributed by atoms with Crippen molar-refractivity contribution in [1.29, 1.82) is 0 Å². The molecule has 0 aliphatic carbocycles. The Bertz CT molecular complexity index is 1460. The average molecular weight is 514 g/mol. The average Bonchev–Trinajstić information content (AvgIpc) is 3.46. The van der Waals surface area contributed by atoms with Crippen LogP contribution in [0.3, 0.4) is 0 Å². The summed E-state index contributed by atoms with van der Waals surface area (Å²) < 4.78 is 43.8. The summed E-state index contributed by atoms with van der Waals surface area (Å²) in [7, 11) is -3.60. The first-order chi connectivity index (χ1) is 16.8. The van der Waals surface area contributed by atoms with Crippen LogP contribution in [0.5, 0.6) is 0 Å². The molecule has 0 bridgehead atoms. The summed E-state index contributed by atoms with van der Waals surface area (Å²) in [5, 5.41) is 6.25. The van der Waals surface area contributed by atoms with Gasteiger partial charge in [0.05, 0.1) is 28.6 Å². The Morgan fingerprint density at radius 2 is 1.89 bits per heavy atom. The Morgan fingerprint density at radius 1 is 1.11 bits per heavy atom. The molecule has 1 atom stereocenters. The molecule has 7 nitrogen and oxygen atoms in total. The van der Waals surface area contributed by atoms with Crippen molar-refractivity contribution < 1.29 is 12.8 Å². The summed E-state index contributed by atoms with van der Waals surface area (Å²) in [5.41, 5.74) is 3.89. The monoisotopic (exact) mass is 513 g/mol. The molecule has 0 N–H and O–H groups in total. The van der Waals surface area contributed by atoms with Gasteiger partial charge in [-0.1, -0.05) is 6.92 Å². The number of piperazine rings is 1. The predicted molar refractivity (Wildman–Crippen MR) is 136 cm³/mol. The minimum atomic E-state index is -3.60. The Labute approximate surface area is 208 Å². The Kier molecular flexibility index (Phi) is 6.47. The number of hydrogen-bond acceptors (Lipinski definition) is 6. The molecule has 0 saturated carbocycles. The summed E-state index contributed by atoms with van der Waals surface area (Å²) in [6.45, 7) is 8.42. The zero-order chi connectivity index (χ0) is 24.7. The van der Waals surface area contributed by atoms with Gasteiger partial charge in [0.25, 0.3) is 10.0 Å². The number of fused-ring (bicyclic) bond motifs is 1. The molecule has 2 aromatic heterocycles. The summed E-state index contributed by atoms with van der Waals surface area (Å²) >= 11 is 1.21. The predicted octanol–water partition coefficient (Wildman–Crippen LogP) is 4.70. The molecule has 4 aromatic rings. The number of nitrogens with zero attached hydrogens (tertiary/aromatic N) is 5. The first-order valence-corrected chi connectivity index (χ1v) is 13.9. The minimum absolute atomic E-state index is 0.0638. The van der Waals surface area contributed by atoms with E-state index in [1.165, 1.54) is 29.7 Å². The number of benzene rings is 2. The molecule has 5 rings (SSSR count). The number of aryl methyl sites for hydroxylation is 2. The lowest BCUT2D eigenvalue weighted by atomic mass is 9.96. The summed E-state index contributed by atoms with van der Waals surface area (Å²) in [4.78, 5) is 6.53. The normalized spacial score (nSPS) is 17.9. The van der Waals surface area contributed by atoms with Gasteiger partial charge in [-0.2, -0.15) is 9.40 Å². The van der Waals surface area contributed by atoms with Crippen LogP contribution in [0.1, 0.15) is 35.5 Å². The lowest BCUT2D eigenvalue weighted by Crippen LogP contribution is -2.50. The van der Waals surface area contributed by atoms with E-state index in [2.05, 4.69) is 41.0 Å². The van der Waals surface area contributed by atoms with E-state index in [0.29, 0.717) is 23.8 Å². The molecule has 1 aliphatic rings. The Morgan fingerprint density at radius 3 is 2.57 bits per heavy atom. The van der Waals surface area contributed by atoms with Crippen LogP contribution in [0, 0.1) is 19.7 Å². The van der Waals surface area contributed by atoms with Gasteiger partial charge in [0, 0.05) is 31.1 Å². The highest BCUT2D eigenvalue weighted by Gasteiger charge is 2.36. The highest BCUT2D eigenvalue weighted by Crippen LogP contribution is 2.34. The second-order valence-corrected chi connectivity index (χ2v) is 12.3. The number of halogens is 1. The van der Waals surface area contributed by atoms with E-state index < -0.39 is 10.0 Å². The van der Waals surface area contributed by atoms with Crippen LogP contribution in [0.4, 0.5) is 4.39 Å². The molecule has 3 heterocycles. The van der Waals surface area contributed by atoms with E-state index in [1.807, 2.05) is 13.1 Å². The molecule has 0 unspecified atom stereocenters. The third kappa shape index (κ3) is 4.51. The van der Waals surface area contributed by atoms with Crippen LogP contribution in [0.2, 0.25) is 0 Å². The molecule has 184 valence electrons. The van der Waals surface area contributed by atoms with Crippen LogP contribution in [0.25, 0.3) is 16.6 Å². The van der Waals surface area contributed by atoms with Crippen molar-refractivity contribution in [2.75, 3.05) is 26.2 Å². The highest BCUT2D eigenvalue weighted by atomic mass is 32.2. The smallest absolute Gasteiger partial charge is 0.254 e. The van der Waals surface area contributed by atoms with Crippen molar-refractivity contribution in [2.45, 2.75) is 37.4 Å². The lowest BCUT2D eigenvalue weighted by molar-refractivity contribution is 0.118. The van der Waals surface area contributed by atoms with Gasteiger partial charge in [0.2, 0.25) is 0 Å². The number of aromatic nitrogens is 3. The standard InChI is InChI=1S/C25H28FN5O2S2/c1-4-9-29-10-11-30(35(32,33)25-15-27-18(3)34-25)16-24(29)22-13-19-14-28-31(23(19)12-17(22)2)21-7-5-20(26)6-8-21/h5-8,12-15,24H,4,9-11,16H2,1-3H3/t24-/m0/s1. The van der Waals surface area contributed by atoms with Gasteiger partial charge in [-0.3, -0.25) is 4.90 Å². The third-order valence-electron chi connectivity index (χ3n) is 6.55. The van der Waals surface area contributed by atoms with Gasteiger partial charge >= 0.3 is 0 Å². The molecule has 0 amide bonds. The molecule has 0 radical (unpaired) electrons. The zero-order valence-corrected chi connectivity index (χ0v) is 21.6. The van der Waals surface area contributed by atoms with Gasteiger partial charge in [-0.15, -0.1) is 11.3 Å². The largest absolute Gasteiger partial charge is 0.294 e. The topological polar surface area (TPSA) is 71.3 Å². The quantitative estimate of drug-likeness (QED) is 0.374. The van der Waals surface area contributed by atoms with E-state index in [-0.39, 0.29) is 11.9 Å². The Balaban J connectivity index is 1.52. The molecule has 2 aromatic carbocycles. The fourth-order valence-electron chi connectivity index (χ4n) is 4.80. The van der Waals surface area contributed by atoms with E-state index in [0.717, 1.165) is 45.7 Å². The number of thiazole rings is 1. The molecule has 0 spiro atoms. The van der Waals surface area contributed by atoms with Crippen molar-refractivity contribution >= 4 is 32.3 Å². The summed E-state index contributed by atoms with van der Waals surface area (Å²) in [6.07, 6.45) is 4.26. The lowest BCUT2D eigenvalue weighted by Gasteiger charge is -2.41. The van der Waals surface area contributed by atoms with Crippen LogP contribution in [0.15, 0.2) is 53.0 Å². The molecular weight excluding hydrogens is 485 g/mol. The molecule has 1 saturated heterocycles. The van der Waals surface area contributed by atoms with Crippen LogP contribution in [-0.2, 0) is 10.0 Å². The van der Waals surface area contributed by atoms with Crippen molar-refractivity contribution in [3.63, 3.8) is 0 Å². The number of hydrogen-bond donors (Lipinski definition) is 0. The maximum absolute atomic E-state index is 13.4. The first kappa shape index (κ1) is 24.1. The van der Waals surface area contributed by atoms with Gasteiger partial charge in [-0.25, -0.2) is 22.5 Å². The SMILES string of the molecule is CCCN1CCN(S(=O)(=O)c2cnc(C)s2)C[C@H]1c1cc2cnn(-c3ccc(F)cc3)c2cc1C. The van der Waals surface area contributed by atoms with Crippen molar-refractivity contribution in [3.05, 3.63) is 70.7 Å². The van der Waals surface area contributed by atoms with E-state index in [1.54, 1.807) is 21.1 Å². The second kappa shape index (κ2) is 9.42. The fourth-order valence-corrected chi connectivity index (χ4v) is 7.50. The van der Waals surface area contributed by atoms with Crippen LogP contribution in [-0.4, -0.2) is 58.6 Å².